The Balaban J connectivity index is 1.84. The number of hydrogen-bond donors (Lipinski definition) is 0. The van der Waals surface area contributed by atoms with E-state index in [1.54, 1.807) is 11.1 Å². The van der Waals surface area contributed by atoms with Crippen molar-refractivity contribution < 1.29 is 4.79 Å². The Labute approximate surface area is 123 Å². The molecule has 0 radical (unpaired) electrons. The first-order valence-corrected chi connectivity index (χ1v) is 7.05. The van der Waals surface area contributed by atoms with Crippen molar-refractivity contribution in [1.29, 1.82) is 0 Å². The van der Waals surface area contributed by atoms with Crippen molar-refractivity contribution in [2.45, 2.75) is 13.5 Å². The summed E-state index contributed by atoms with van der Waals surface area (Å²) in [5.41, 5.74) is 2.40. The highest BCUT2D eigenvalue weighted by atomic mass is 16.2. The van der Waals surface area contributed by atoms with E-state index in [0.29, 0.717) is 18.8 Å². The molecule has 0 saturated carbocycles. The van der Waals surface area contributed by atoms with Gasteiger partial charge in [0.15, 0.2) is 0 Å². The lowest BCUT2D eigenvalue weighted by Gasteiger charge is -2.19. The van der Waals surface area contributed by atoms with Crippen LogP contribution in [-0.2, 0) is 6.54 Å². The lowest BCUT2D eigenvalue weighted by Crippen LogP contribution is -2.30. The predicted octanol–water partition coefficient (Wildman–Crippen LogP) is 3.00. The summed E-state index contributed by atoms with van der Waals surface area (Å²) in [5.74, 6) is -0.0370. The van der Waals surface area contributed by atoms with Crippen molar-refractivity contribution in [2.75, 3.05) is 6.54 Å². The van der Waals surface area contributed by atoms with Crippen LogP contribution >= 0.6 is 0 Å². The van der Waals surface area contributed by atoms with Crippen LogP contribution in [0.3, 0.4) is 0 Å². The number of fused-ring (bicyclic) bond motifs is 1. The number of carbonyl (C=O) groups excluding carboxylic acids is 1. The number of carbonyl (C=O) groups is 1. The Morgan fingerprint density at radius 3 is 2.62 bits per heavy atom. The maximum Gasteiger partial charge on any atom is 0.274 e. The van der Waals surface area contributed by atoms with Crippen LogP contribution in [0, 0.1) is 0 Å². The van der Waals surface area contributed by atoms with Gasteiger partial charge in [0.05, 0.1) is 0 Å². The van der Waals surface area contributed by atoms with Gasteiger partial charge in [0.2, 0.25) is 0 Å². The molecule has 0 atom stereocenters. The summed E-state index contributed by atoms with van der Waals surface area (Å²) in [5, 5.41) is 0. The molecular weight excluding hydrogens is 262 g/mol. The highest BCUT2D eigenvalue weighted by Crippen LogP contribution is 2.11. The number of hydrogen-bond acceptors (Lipinski definition) is 2. The van der Waals surface area contributed by atoms with Gasteiger partial charge in [0, 0.05) is 25.5 Å². The molecule has 0 aliphatic carbocycles. The Morgan fingerprint density at radius 1 is 1.14 bits per heavy atom. The number of pyridine rings is 1. The van der Waals surface area contributed by atoms with E-state index in [1.807, 2.05) is 66.1 Å². The first kappa shape index (κ1) is 13.4. The molecule has 4 nitrogen and oxygen atoms in total. The maximum atomic E-state index is 12.6. The van der Waals surface area contributed by atoms with Gasteiger partial charge in [-0.05, 0) is 24.6 Å². The number of benzene rings is 1. The Kier molecular flexibility index (Phi) is 3.69. The molecule has 0 unspecified atom stereocenters. The molecule has 3 rings (SSSR count). The largest absolute Gasteiger partial charge is 0.333 e. The second kappa shape index (κ2) is 5.79. The van der Waals surface area contributed by atoms with Crippen LogP contribution in [0.2, 0.25) is 0 Å². The van der Waals surface area contributed by atoms with E-state index in [4.69, 9.17) is 0 Å². The number of amides is 1. The summed E-state index contributed by atoms with van der Waals surface area (Å²) in [7, 11) is 0. The van der Waals surface area contributed by atoms with E-state index >= 15 is 0 Å². The van der Waals surface area contributed by atoms with Crippen molar-refractivity contribution in [1.82, 2.24) is 14.3 Å². The van der Waals surface area contributed by atoms with E-state index in [1.165, 1.54) is 0 Å². The summed E-state index contributed by atoms with van der Waals surface area (Å²) in [6.07, 6.45) is 3.68. The third kappa shape index (κ3) is 2.79. The van der Waals surface area contributed by atoms with Gasteiger partial charge < -0.3 is 9.30 Å². The van der Waals surface area contributed by atoms with Crippen molar-refractivity contribution in [3.05, 3.63) is 72.2 Å². The Morgan fingerprint density at radius 2 is 1.90 bits per heavy atom. The summed E-state index contributed by atoms with van der Waals surface area (Å²) < 4.78 is 1.86. The first-order valence-electron chi connectivity index (χ1n) is 7.05. The van der Waals surface area contributed by atoms with Gasteiger partial charge in [-0.25, -0.2) is 4.98 Å². The van der Waals surface area contributed by atoms with Crippen LogP contribution in [0.5, 0.6) is 0 Å². The fourth-order valence-electron chi connectivity index (χ4n) is 2.33. The van der Waals surface area contributed by atoms with Gasteiger partial charge in [0.1, 0.15) is 11.3 Å². The molecule has 0 N–H and O–H groups in total. The summed E-state index contributed by atoms with van der Waals surface area (Å²) >= 11 is 0. The van der Waals surface area contributed by atoms with E-state index in [-0.39, 0.29) is 5.91 Å². The summed E-state index contributed by atoms with van der Waals surface area (Å²) in [6, 6.07) is 15.7. The zero-order valence-corrected chi connectivity index (χ0v) is 11.9. The van der Waals surface area contributed by atoms with E-state index in [2.05, 4.69) is 4.98 Å². The molecule has 0 aliphatic rings. The maximum absolute atomic E-state index is 12.6. The van der Waals surface area contributed by atoms with Crippen molar-refractivity contribution >= 4 is 11.6 Å². The fraction of sp³-hybridized carbons (Fsp3) is 0.176. The fourth-order valence-corrected chi connectivity index (χ4v) is 2.33. The zero-order chi connectivity index (χ0) is 14.7. The molecule has 4 heteroatoms. The average Bonchev–Trinajstić information content (AvgIpc) is 2.97. The molecule has 106 valence electrons. The minimum atomic E-state index is -0.0370. The van der Waals surface area contributed by atoms with Gasteiger partial charge in [-0.15, -0.1) is 0 Å². The molecule has 0 saturated heterocycles. The minimum Gasteiger partial charge on any atom is -0.333 e. The highest BCUT2D eigenvalue weighted by Gasteiger charge is 2.17. The molecular formula is C17H17N3O. The van der Waals surface area contributed by atoms with Crippen molar-refractivity contribution in [3.8, 4) is 0 Å². The van der Waals surface area contributed by atoms with Gasteiger partial charge in [-0.3, -0.25) is 4.79 Å². The van der Waals surface area contributed by atoms with Crippen LogP contribution < -0.4 is 0 Å². The standard InChI is InChI=1S/C17H17N3O/c1-2-19(12-14-8-4-3-5-9-14)17(21)15-13-20-11-7-6-10-16(20)18-15/h3-11,13H,2,12H2,1H3. The lowest BCUT2D eigenvalue weighted by atomic mass is 10.2. The average molecular weight is 279 g/mol. The number of nitrogens with zero attached hydrogens (tertiary/aromatic N) is 3. The van der Waals surface area contributed by atoms with E-state index in [9.17, 15) is 4.79 Å². The summed E-state index contributed by atoms with van der Waals surface area (Å²) in [6.45, 7) is 3.24. The van der Waals surface area contributed by atoms with Crippen LogP contribution in [0.4, 0.5) is 0 Å². The molecule has 1 amide bonds. The SMILES string of the molecule is CCN(Cc1ccccc1)C(=O)c1cn2ccccc2n1. The lowest BCUT2D eigenvalue weighted by molar-refractivity contribution is 0.0747. The topological polar surface area (TPSA) is 37.6 Å². The molecule has 3 aromatic rings. The smallest absolute Gasteiger partial charge is 0.274 e. The van der Waals surface area contributed by atoms with Gasteiger partial charge >= 0.3 is 0 Å². The Bertz CT molecular complexity index is 716. The normalized spacial score (nSPS) is 10.7. The third-order valence-electron chi connectivity index (χ3n) is 3.47. The number of imidazole rings is 1. The second-order valence-electron chi connectivity index (χ2n) is 4.90. The first-order chi connectivity index (χ1) is 10.3. The van der Waals surface area contributed by atoms with Crippen molar-refractivity contribution in [3.63, 3.8) is 0 Å². The van der Waals surface area contributed by atoms with Crippen LogP contribution in [0.15, 0.2) is 60.9 Å². The molecule has 0 bridgehead atoms. The highest BCUT2D eigenvalue weighted by molar-refractivity contribution is 5.92. The molecule has 2 aromatic heterocycles. The van der Waals surface area contributed by atoms with Crippen LogP contribution in [0.1, 0.15) is 23.0 Å². The van der Waals surface area contributed by atoms with Gasteiger partial charge in [-0.1, -0.05) is 36.4 Å². The molecule has 0 fully saturated rings. The van der Waals surface area contributed by atoms with E-state index < -0.39 is 0 Å². The zero-order valence-electron chi connectivity index (χ0n) is 11.9. The summed E-state index contributed by atoms with van der Waals surface area (Å²) in [4.78, 5) is 18.8. The number of aromatic nitrogens is 2. The van der Waals surface area contributed by atoms with Gasteiger partial charge in [0.25, 0.3) is 5.91 Å². The molecule has 0 spiro atoms. The second-order valence-corrected chi connectivity index (χ2v) is 4.90. The van der Waals surface area contributed by atoms with E-state index in [0.717, 1.165) is 11.2 Å². The van der Waals surface area contributed by atoms with Crippen LogP contribution in [-0.4, -0.2) is 26.7 Å². The molecule has 1 aromatic carbocycles. The van der Waals surface area contributed by atoms with Crippen LogP contribution in [0.25, 0.3) is 5.65 Å². The molecule has 0 aliphatic heterocycles. The number of rotatable bonds is 4. The Hall–Kier alpha value is -2.62. The monoisotopic (exact) mass is 279 g/mol. The minimum absolute atomic E-state index is 0.0370. The van der Waals surface area contributed by atoms with Gasteiger partial charge in [-0.2, -0.15) is 0 Å². The predicted molar refractivity (Wildman–Crippen MR) is 82.0 cm³/mol. The third-order valence-corrected chi connectivity index (χ3v) is 3.47. The molecule has 2 heterocycles. The quantitative estimate of drug-likeness (QED) is 0.736. The van der Waals surface area contributed by atoms with Crippen molar-refractivity contribution in [2.24, 2.45) is 0 Å². The molecule has 21 heavy (non-hydrogen) atoms.